The van der Waals surface area contributed by atoms with Crippen LogP contribution in [0.1, 0.15) is 65.2 Å². The van der Waals surface area contributed by atoms with E-state index in [4.69, 9.17) is 4.74 Å². The fourth-order valence-electron chi connectivity index (χ4n) is 6.84. The number of carbonyl (C=O) groups excluding carboxylic acids is 1. The lowest BCUT2D eigenvalue weighted by molar-refractivity contribution is -0.157. The summed E-state index contributed by atoms with van der Waals surface area (Å²) in [5.74, 6) is 1.91. The van der Waals surface area contributed by atoms with Crippen LogP contribution in [0.3, 0.4) is 0 Å². The van der Waals surface area contributed by atoms with E-state index < -0.39 is 6.10 Å². The van der Waals surface area contributed by atoms with E-state index in [0.717, 1.165) is 38.5 Å². The highest BCUT2D eigenvalue weighted by Gasteiger charge is 2.58. The number of ketones is 1. The molecule has 0 aliphatic heterocycles. The normalized spacial score (nSPS) is 51.2. The molecule has 24 heavy (non-hydrogen) atoms. The molecule has 0 radical (unpaired) electrons. The molecule has 4 rings (SSSR count). The van der Waals surface area contributed by atoms with Gasteiger partial charge in [-0.1, -0.05) is 25.5 Å². The van der Waals surface area contributed by atoms with E-state index in [1.165, 1.54) is 6.42 Å². The second-order valence-corrected chi connectivity index (χ2v) is 9.27. The number of rotatable bonds is 1. The summed E-state index contributed by atoms with van der Waals surface area (Å²) >= 11 is 0. The Kier molecular flexibility index (Phi) is 3.96. The number of carbonyl (C=O) groups is 1. The summed E-state index contributed by atoms with van der Waals surface area (Å²) in [5.41, 5.74) is 1.63. The van der Waals surface area contributed by atoms with Gasteiger partial charge in [0.2, 0.25) is 0 Å². The summed E-state index contributed by atoms with van der Waals surface area (Å²) in [6.07, 6.45) is 10.6. The van der Waals surface area contributed by atoms with Gasteiger partial charge in [0.05, 0.1) is 6.10 Å². The van der Waals surface area contributed by atoms with Crippen molar-refractivity contribution in [1.82, 2.24) is 0 Å². The van der Waals surface area contributed by atoms with Gasteiger partial charge in [0.15, 0.2) is 5.78 Å². The fraction of sp³-hybridized carbons (Fsp3) is 0.857. The van der Waals surface area contributed by atoms with E-state index >= 15 is 0 Å². The number of allylic oxidation sites excluding steroid dienone is 1. The number of methoxy groups -OCH3 is 1. The average molecular weight is 332 g/mol. The van der Waals surface area contributed by atoms with E-state index in [-0.39, 0.29) is 11.2 Å². The van der Waals surface area contributed by atoms with Gasteiger partial charge in [-0.15, -0.1) is 0 Å². The smallest absolute Gasteiger partial charge is 0.167 e. The molecule has 1 N–H and O–H groups in total. The first-order valence-electron chi connectivity index (χ1n) is 9.85. The third-order valence-electron chi connectivity index (χ3n) is 8.40. The molecule has 0 aromatic carbocycles. The van der Waals surface area contributed by atoms with E-state index in [2.05, 4.69) is 19.9 Å². The highest BCUT2D eigenvalue weighted by atomic mass is 16.5. The minimum atomic E-state index is -0.717. The highest BCUT2D eigenvalue weighted by Crippen LogP contribution is 2.63. The minimum Gasteiger partial charge on any atom is -0.385 e. The van der Waals surface area contributed by atoms with Crippen molar-refractivity contribution >= 4 is 5.78 Å². The van der Waals surface area contributed by atoms with E-state index in [1.54, 1.807) is 5.57 Å². The monoisotopic (exact) mass is 332 g/mol. The molecule has 3 saturated carbocycles. The van der Waals surface area contributed by atoms with Crippen molar-refractivity contribution in [2.75, 3.05) is 7.11 Å². The first-order chi connectivity index (χ1) is 11.4. The van der Waals surface area contributed by atoms with Gasteiger partial charge in [-0.25, -0.2) is 0 Å². The second-order valence-electron chi connectivity index (χ2n) is 9.27. The minimum absolute atomic E-state index is 0.125. The van der Waals surface area contributed by atoms with Crippen molar-refractivity contribution < 1.29 is 14.6 Å². The van der Waals surface area contributed by atoms with Crippen molar-refractivity contribution in [3.63, 3.8) is 0 Å². The number of fused-ring (bicyclic) bond motifs is 5. The molecule has 0 saturated heterocycles. The topological polar surface area (TPSA) is 46.5 Å². The van der Waals surface area contributed by atoms with Gasteiger partial charge in [-0.3, -0.25) is 4.79 Å². The molecule has 0 bridgehead atoms. The van der Waals surface area contributed by atoms with Gasteiger partial charge in [-0.05, 0) is 74.5 Å². The van der Waals surface area contributed by atoms with Gasteiger partial charge in [0.1, 0.15) is 6.10 Å². The molecule has 3 nitrogen and oxygen atoms in total. The van der Waals surface area contributed by atoms with Gasteiger partial charge in [0.25, 0.3) is 0 Å². The summed E-state index contributed by atoms with van der Waals surface area (Å²) in [6, 6.07) is 0. The van der Waals surface area contributed by atoms with Crippen LogP contribution >= 0.6 is 0 Å². The Labute approximate surface area is 145 Å². The third kappa shape index (κ3) is 2.20. The zero-order valence-corrected chi connectivity index (χ0v) is 15.4. The molecule has 4 aliphatic rings. The largest absolute Gasteiger partial charge is 0.385 e. The van der Waals surface area contributed by atoms with Gasteiger partial charge in [0, 0.05) is 12.5 Å². The lowest BCUT2D eigenvalue weighted by atomic mass is 9.45. The molecule has 0 aromatic rings. The predicted octanol–water partition coefficient (Wildman–Crippen LogP) is 3.89. The molecule has 3 heteroatoms. The van der Waals surface area contributed by atoms with Crippen molar-refractivity contribution in [2.24, 2.45) is 28.6 Å². The van der Waals surface area contributed by atoms with E-state index in [9.17, 15) is 9.90 Å². The van der Waals surface area contributed by atoms with Crippen LogP contribution in [-0.4, -0.2) is 30.2 Å². The van der Waals surface area contributed by atoms with Crippen LogP contribution in [0.15, 0.2) is 11.6 Å². The molecule has 4 aliphatic carbocycles. The van der Waals surface area contributed by atoms with Crippen LogP contribution in [0, 0.1) is 28.6 Å². The second kappa shape index (κ2) is 5.67. The van der Waals surface area contributed by atoms with Gasteiger partial charge >= 0.3 is 0 Å². The first-order valence-corrected chi connectivity index (χ1v) is 9.85. The SMILES string of the molecule is CO[C@H]1CC[C@@]2(C)C(=CC[C@@H]3[C@@H]2CC[C@]2(C)C(=O)[C@H](O)CC[C@@H]32)C1. The Morgan fingerprint density at radius 1 is 1.08 bits per heavy atom. The molecule has 0 spiro atoms. The van der Waals surface area contributed by atoms with Crippen molar-refractivity contribution in [3.8, 4) is 0 Å². The number of aliphatic hydroxyl groups excluding tert-OH is 1. The average Bonchev–Trinajstić information content (AvgIpc) is 2.58. The molecular formula is C21H32O3. The van der Waals surface area contributed by atoms with Crippen LogP contribution in [0.4, 0.5) is 0 Å². The predicted molar refractivity (Wildman–Crippen MR) is 93.5 cm³/mol. The molecule has 7 atom stereocenters. The number of aliphatic hydroxyl groups is 1. The number of Topliss-reactive ketones (excluding diaryl/α,β-unsaturated/α-hetero) is 1. The van der Waals surface area contributed by atoms with Crippen LogP contribution < -0.4 is 0 Å². The van der Waals surface area contributed by atoms with Crippen LogP contribution in [-0.2, 0) is 9.53 Å². The molecule has 0 aromatic heterocycles. The lowest BCUT2D eigenvalue weighted by Gasteiger charge is -2.59. The van der Waals surface area contributed by atoms with Crippen LogP contribution in [0.2, 0.25) is 0 Å². The lowest BCUT2D eigenvalue weighted by Crippen LogP contribution is -2.56. The Morgan fingerprint density at radius 3 is 2.54 bits per heavy atom. The number of ether oxygens (including phenoxy) is 1. The Balaban J connectivity index is 1.65. The summed E-state index contributed by atoms with van der Waals surface area (Å²) in [5, 5.41) is 10.1. The van der Waals surface area contributed by atoms with E-state index in [1.807, 2.05) is 7.11 Å². The molecule has 134 valence electrons. The number of hydrogen-bond donors (Lipinski definition) is 1. The fourth-order valence-corrected chi connectivity index (χ4v) is 6.84. The highest BCUT2D eigenvalue weighted by molar-refractivity contribution is 5.89. The molecule has 0 unspecified atom stereocenters. The molecule has 0 amide bonds. The quantitative estimate of drug-likeness (QED) is 0.741. The number of hydrogen-bond acceptors (Lipinski definition) is 3. The summed E-state index contributed by atoms with van der Waals surface area (Å²) in [7, 11) is 1.84. The third-order valence-corrected chi connectivity index (χ3v) is 8.40. The zero-order chi connectivity index (χ0) is 17.1. The van der Waals surface area contributed by atoms with Crippen LogP contribution in [0.25, 0.3) is 0 Å². The summed E-state index contributed by atoms with van der Waals surface area (Å²) < 4.78 is 5.64. The van der Waals surface area contributed by atoms with Crippen molar-refractivity contribution in [1.29, 1.82) is 0 Å². The Morgan fingerprint density at radius 2 is 1.79 bits per heavy atom. The molecular weight excluding hydrogens is 300 g/mol. The summed E-state index contributed by atoms with van der Waals surface area (Å²) in [4.78, 5) is 12.7. The maximum Gasteiger partial charge on any atom is 0.167 e. The molecule has 0 heterocycles. The summed E-state index contributed by atoms with van der Waals surface area (Å²) in [6.45, 7) is 4.62. The Hall–Kier alpha value is -0.670. The zero-order valence-electron chi connectivity index (χ0n) is 15.4. The van der Waals surface area contributed by atoms with Crippen molar-refractivity contribution in [3.05, 3.63) is 11.6 Å². The van der Waals surface area contributed by atoms with E-state index in [0.29, 0.717) is 35.7 Å². The van der Waals surface area contributed by atoms with Gasteiger partial charge in [-0.2, -0.15) is 0 Å². The first kappa shape index (κ1) is 16.8. The molecule has 3 fully saturated rings. The Bertz CT molecular complexity index is 567. The van der Waals surface area contributed by atoms with Crippen LogP contribution in [0.5, 0.6) is 0 Å². The van der Waals surface area contributed by atoms with Gasteiger partial charge < -0.3 is 9.84 Å². The van der Waals surface area contributed by atoms with Crippen molar-refractivity contribution in [2.45, 2.75) is 77.4 Å². The maximum absolute atomic E-state index is 12.7. The maximum atomic E-state index is 12.7. The standard InChI is InChI=1S/C21H32O3/c1-20-10-8-14(24-3)12-13(20)4-5-15-16-6-7-18(22)19(23)21(16,2)11-9-17(15)20/h4,14-18,22H,5-12H2,1-3H3/t14-,15-,16-,17-,18+,20-,21-/m0/s1.